The van der Waals surface area contributed by atoms with Gasteiger partial charge in [0.25, 0.3) is 0 Å². The fourth-order valence-corrected chi connectivity index (χ4v) is 2.66. The number of hydrogen-bond acceptors (Lipinski definition) is 3. The van der Waals surface area contributed by atoms with Gasteiger partial charge in [0.1, 0.15) is 0 Å². The first-order valence-electron chi connectivity index (χ1n) is 7.22. The second kappa shape index (κ2) is 7.04. The van der Waals surface area contributed by atoms with Crippen molar-refractivity contribution in [2.75, 3.05) is 33.9 Å². The number of rotatable bonds is 6. The van der Waals surface area contributed by atoms with Crippen LogP contribution in [0.15, 0.2) is 24.3 Å². The van der Waals surface area contributed by atoms with Gasteiger partial charge in [-0.05, 0) is 39.4 Å². The minimum Gasteiger partial charge on any atom is -0.380 e. The molecule has 1 fully saturated rings. The summed E-state index contributed by atoms with van der Waals surface area (Å²) in [4.78, 5) is 2.44. The van der Waals surface area contributed by atoms with Gasteiger partial charge in [0, 0.05) is 25.2 Å². The van der Waals surface area contributed by atoms with Crippen LogP contribution in [0, 0.1) is 6.92 Å². The van der Waals surface area contributed by atoms with Crippen molar-refractivity contribution in [1.29, 1.82) is 0 Å². The summed E-state index contributed by atoms with van der Waals surface area (Å²) in [5.41, 5.74) is 2.70. The molecule has 3 nitrogen and oxygen atoms in total. The zero-order valence-corrected chi connectivity index (χ0v) is 12.4. The molecule has 106 valence electrons. The van der Waals surface area contributed by atoms with Crippen LogP contribution in [-0.2, 0) is 4.74 Å². The van der Waals surface area contributed by atoms with Gasteiger partial charge in [-0.25, -0.2) is 0 Å². The molecule has 2 rings (SSSR count). The van der Waals surface area contributed by atoms with Gasteiger partial charge in [-0.3, -0.25) is 0 Å². The van der Waals surface area contributed by atoms with Crippen molar-refractivity contribution >= 4 is 0 Å². The Morgan fingerprint density at radius 2 is 2.11 bits per heavy atom. The fraction of sp³-hybridized carbons (Fsp3) is 0.625. The minimum absolute atomic E-state index is 0.436. The first kappa shape index (κ1) is 14.5. The highest BCUT2D eigenvalue weighted by Gasteiger charge is 2.20. The lowest BCUT2D eigenvalue weighted by Gasteiger charge is -2.25. The Labute approximate surface area is 116 Å². The minimum atomic E-state index is 0.436. The number of hydrogen-bond donors (Lipinski definition) is 1. The molecule has 0 radical (unpaired) electrons. The Balaban J connectivity index is 1.86. The third-order valence-corrected chi connectivity index (χ3v) is 4.13. The van der Waals surface area contributed by atoms with Crippen molar-refractivity contribution in [3.63, 3.8) is 0 Å². The molecule has 1 aliphatic heterocycles. The highest BCUT2D eigenvalue weighted by molar-refractivity contribution is 5.24. The second-order valence-corrected chi connectivity index (χ2v) is 5.54. The van der Waals surface area contributed by atoms with E-state index in [0.29, 0.717) is 12.1 Å². The third-order valence-electron chi connectivity index (χ3n) is 4.13. The Hall–Kier alpha value is -0.900. The lowest BCUT2D eigenvalue weighted by molar-refractivity contribution is 0.157. The monoisotopic (exact) mass is 262 g/mol. The summed E-state index contributed by atoms with van der Waals surface area (Å²) in [5, 5.41) is 3.43. The molecule has 0 saturated carbocycles. The SMILES string of the molecule is CNC(CCN(C)C1CCOC1)c1ccc(C)cc1. The maximum atomic E-state index is 5.45. The lowest BCUT2D eigenvalue weighted by atomic mass is 10.0. The van der Waals surface area contributed by atoms with E-state index in [0.717, 1.165) is 26.2 Å². The second-order valence-electron chi connectivity index (χ2n) is 5.54. The van der Waals surface area contributed by atoms with Crippen LogP contribution in [-0.4, -0.2) is 44.8 Å². The van der Waals surface area contributed by atoms with Gasteiger partial charge in [0.2, 0.25) is 0 Å². The van der Waals surface area contributed by atoms with Gasteiger partial charge in [0.05, 0.1) is 6.61 Å². The summed E-state index contributed by atoms with van der Waals surface area (Å²) in [7, 11) is 4.25. The van der Waals surface area contributed by atoms with Gasteiger partial charge in [-0.1, -0.05) is 29.8 Å². The number of nitrogens with zero attached hydrogens (tertiary/aromatic N) is 1. The van der Waals surface area contributed by atoms with Crippen LogP contribution >= 0.6 is 0 Å². The van der Waals surface area contributed by atoms with Crippen LogP contribution in [0.1, 0.15) is 30.0 Å². The van der Waals surface area contributed by atoms with Gasteiger partial charge in [-0.15, -0.1) is 0 Å². The van der Waals surface area contributed by atoms with Crippen LogP contribution in [0.3, 0.4) is 0 Å². The van der Waals surface area contributed by atoms with Gasteiger partial charge < -0.3 is 15.0 Å². The largest absolute Gasteiger partial charge is 0.380 e. The van der Waals surface area contributed by atoms with E-state index in [9.17, 15) is 0 Å². The third kappa shape index (κ3) is 4.03. The average molecular weight is 262 g/mol. The van der Waals surface area contributed by atoms with Crippen LogP contribution in [0.25, 0.3) is 0 Å². The van der Waals surface area contributed by atoms with Gasteiger partial charge >= 0.3 is 0 Å². The molecule has 3 heteroatoms. The van der Waals surface area contributed by atoms with Crippen molar-refractivity contribution in [2.45, 2.75) is 31.8 Å². The first-order valence-corrected chi connectivity index (χ1v) is 7.22. The van der Waals surface area contributed by atoms with Gasteiger partial charge in [-0.2, -0.15) is 0 Å². The summed E-state index contributed by atoms with van der Waals surface area (Å²) in [5.74, 6) is 0. The van der Waals surface area contributed by atoms with Gasteiger partial charge in [0.15, 0.2) is 0 Å². The van der Waals surface area contributed by atoms with Crippen molar-refractivity contribution in [3.05, 3.63) is 35.4 Å². The van der Waals surface area contributed by atoms with Crippen molar-refractivity contribution in [3.8, 4) is 0 Å². The van der Waals surface area contributed by atoms with E-state index in [4.69, 9.17) is 4.74 Å². The number of likely N-dealkylation sites (N-methyl/N-ethyl adjacent to an activating group) is 1. The fourth-order valence-electron chi connectivity index (χ4n) is 2.66. The molecular weight excluding hydrogens is 236 g/mol. The zero-order valence-electron chi connectivity index (χ0n) is 12.4. The molecule has 0 aliphatic carbocycles. The van der Waals surface area contributed by atoms with Crippen LogP contribution < -0.4 is 5.32 Å². The number of aryl methyl sites for hydroxylation is 1. The van der Waals surface area contributed by atoms with Crippen molar-refractivity contribution < 1.29 is 4.74 Å². The molecule has 1 aromatic carbocycles. The molecule has 0 aromatic heterocycles. The average Bonchev–Trinajstić information content (AvgIpc) is 2.95. The molecule has 0 bridgehead atoms. The molecule has 1 N–H and O–H groups in total. The molecule has 2 atom stereocenters. The first-order chi connectivity index (χ1) is 9.20. The van der Waals surface area contributed by atoms with E-state index < -0.39 is 0 Å². The summed E-state index contributed by atoms with van der Waals surface area (Å²) < 4.78 is 5.45. The Bertz CT molecular complexity index is 371. The van der Waals surface area contributed by atoms with E-state index >= 15 is 0 Å². The number of ether oxygens (including phenoxy) is 1. The molecule has 1 heterocycles. The maximum absolute atomic E-state index is 5.45. The topological polar surface area (TPSA) is 24.5 Å². The van der Waals surface area contributed by atoms with Crippen LogP contribution in [0.2, 0.25) is 0 Å². The Morgan fingerprint density at radius 1 is 1.37 bits per heavy atom. The summed E-state index contributed by atoms with van der Waals surface area (Å²) in [6.07, 6.45) is 2.30. The zero-order chi connectivity index (χ0) is 13.7. The normalized spacial score (nSPS) is 20.9. The molecule has 0 amide bonds. The molecular formula is C16H26N2O. The molecule has 2 unspecified atom stereocenters. The van der Waals surface area contributed by atoms with E-state index in [1.54, 1.807) is 0 Å². The lowest BCUT2D eigenvalue weighted by Crippen LogP contribution is -2.34. The Kier molecular flexibility index (Phi) is 5.37. The number of benzene rings is 1. The van der Waals surface area contributed by atoms with Crippen LogP contribution in [0.4, 0.5) is 0 Å². The molecule has 1 saturated heterocycles. The molecule has 1 aromatic rings. The quantitative estimate of drug-likeness (QED) is 0.852. The van der Waals surface area contributed by atoms with E-state index in [1.807, 2.05) is 7.05 Å². The highest BCUT2D eigenvalue weighted by Crippen LogP contribution is 2.19. The van der Waals surface area contributed by atoms with E-state index in [2.05, 4.69) is 48.5 Å². The van der Waals surface area contributed by atoms with E-state index in [1.165, 1.54) is 17.5 Å². The summed E-state index contributed by atoms with van der Waals surface area (Å²) in [6, 6.07) is 9.88. The molecule has 19 heavy (non-hydrogen) atoms. The highest BCUT2D eigenvalue weighted by atomic mass is 16.5. The van der Waals surface area contributed by atoms with Crippen molar-refractivity contribution in [1.82, 2.24) is 10.2 Å². The summed E-state index contributed by atoms with van der Waals surface area (Å²) >= 11 is 0. The smallest absolute Gasteiger partial charge is 0.0622 e. The predicted molar refractivity (Wildman–Crippen MR) is 79.5 cm³/mol. The summed E-state index contributed by atoms with van der Waals surface area (Å²) in [6.45, 7) is 5.05. The van der Waals surface area contributed by atoms with E-state index in [-0.39, 0.29) is 0 Å². The van der Waals surface area contributed by atoms with Crippen LogP contribution in [0.5, 0.6) is 0 Å². The standard InChI is InChI=1S/C16H26N2O/c1-13-4-6-14(7-5-13)16(17-2)8-10-18(3)15-9-11-19-12-15/h4-7,15-17H,8-12H2,1-3H3. The van der Waals surface area contributed by atoms with Crippen molar-refractivity contribution in [2.24, 2.45) is 0 Å². The Morgan fingerprint density at radius 3 is 2.68 bits per heavy atom. The number of nitrogens with one attached hydrogen (secondary N) is 1. The molecule has 1 aliphatic rings. The molecule has 0 spiro atoms. The predicted octanol–water partition coefficient (Wildman–Crippen LogP) is 2.37. The maximum Gasteiger partial charge on any atom is 0.0622 e.